The first-order valence-corrected chi connectivity index (χ1v) is 6.22. The molecule has 7 heteroatoms. The first-order valence-electron chi connectivity index (χ1n) is 6.22. The van der Waals surface area contributed by atoms with E-state index in [0.717, 1.165) is 0 Å². The second-order valence-corrected chi connectivity index (χ2v) is 4.74. The predicted molar refractivity (Wildman–Crippen MR) is 68.8 cm³/mol. The van der Waals surface area contributed by atoms with E-state index in [-0.39, 0.29) is 29.2 Å². The number of nitro groups is 1. The molecule has 106 valence electrons. The van der Waals surface area contributed by atoms with Gasteiger partial charge < -0.3 is 10.5 Å². The van der Waals surface area contributed by atoms with Crippen LogP contribution >= 0.6 is 0 Å². The highest BCUT2D eigenvalue weighted by atomic mass is 16.6. The van der Waals surface area contributed by atoms with Gasteiger partial charge in [-0.05, 0) is 31.4 Å². The van der Waals surface area contributed by atoms with E-state index in [0.29, 0.717) is 19.3 Å². The van der Waals surface area contributed by atoms with Crippen molar-refractivity contribution in [3.63, 3.8) is 0 Å². The minimum atomic E-state index is -0.546. The minimum absolute atomic E-state index is 0.0868. The molecule has 1 fully saturated rings. The van der Waals surface area contributed by atoms with E-state index in [1.807, 2.05) is 0 Å². The molecule has 2 rings (SSSR count). The predicted octanol–water partition coefficient (Wildman–Crippen LogP) is 1.41. The van der Waals surface area contributed by atoms with Gasteiger partial charge in [0, 0.05) is 18.1 Å². The van der Waals surface area contributed by atoms with Crippen LogP contribution in [0, 0.1) is 16.0 Å². The summed E-state index contributed by atoms with van der Waals surface area (Å²) in [6, 6.07) is 5.19. The van der Waals surface area contributed by atoms with E-state index in [9.17, 15) is 19.7 Å². The third-order valence-electron chi connectivity index (χ3n) is 3.37. The average molecular weight is 278 g/mol. The van der Waals surface area contributed by atoms with Gasteiger partial charge in [0.15, 0.2) is 0 Å². The Bertz CT molecular complexity index is 540. The lowest BCUT2D eigenvalue weighted by atomic mass is 10.1. The van der Waals surface area contributed by atoms with Gasteiger partial charge in [-0.25, -0.2) is 4.79 Å². The molecule has 7 nitrogen and oxygen atoms in total. The smallest absolute Gasteiger partial charge is 0.338 e. The van der Waals surface area contributed by atoms with E-state index in [1.165, 1.54) is 24.3 Å². The summed E-state index contributed by atoms with van der Waals surface area (Å²) in [6.07, 6.45) is 1.34. The Morgan fingerprint density at radius 1 is 1.25 bits per heavy atom. The fourth-order valence-corrected chi connectivity index (χ4v) is 2.24. The highest BCUT2D eigenvalue weighted by Crippen LogP contribution is 2.28. The van der Waals surface area contributed by atoms with Gasteiger partial charge in [0.05, 0.1) is 10.5 Å². The quantitative estimate of drug-likeness (QED) is 0.508. The number of benzene rings is 1. The molecule has 0 heterocycles. The zero-order chi connectivity index (χ0) is 14.7. The third-order valence-corrected chi connectivity index (χ3v) is 3.37. The van der Waals surface area contributed by atoms with Crippen molar-refractivity contribution in [2.45, 2.75) is 25.4 Å². The van der Waals surface area contributed by atoms with E-state index in [4.69, 9.17) is 10.5 Å². The van der Waals surface area contributed by atoms with Crippen LogP contribution in [0.3, 0.4) is 0 Å². The summed E-state index contributed by atoms with van der Waals surface area (Å²) in [5.74, 6) is -1.17. The minimum Gasteiger partial charge on any atom is -0.459 e. The van der Waals surface area contributed by atoms with Crippen LogP contribution in [-0.2, 0) is 9.53 Å². The molecule has 20 heavy (non-hydrogen) atoms. The Kier molecular flexibility index (Phi) is 3.97. The van der Waals surface area contributed by atoms with Gasteiger partial charge in [-0.3, -0.25) is 14.9 Å². The lowest BCUT2D eigenvalue weighted by molar-refractivity contribution is -0.384. The molecule has 0 bridgehead atoms. The molecule has 1 saturated carbocycles. The highest BCUT2D eigenvalue weighted by Gasteiger charge is 2.31. The maximum atomic E-state index is 11.9. The lowest BCUT2D eigenvalue weighted by Crippen LogP contribution is -2.22. The molecule has 1 aromatic carbocycles. The van der Waals surface area contributed by atoms with Crippen molar-refractivity contribution in [1.82, 2.24) is 0 Å². The summed E-state index contributed by atoms with van der Waals surface area (Å²) in [5, 5.41) is 10.5. The van der Waals surface area contributed by atoms with E-state index >= 15 is 0 Å². The van der Waals surface area contributed by atoms with Crippen molar-refractivity contribution in [3.05, 3.63) is 39.9 Å². The highest BCUT2D eigenvalue weighted by molar-refractivity contribution is 5.89. The fraction of sp³-hybridized carbons (Fsp3) is 0.385. The molecule has 1 aliphatic rings. The maximum Gasteiger partial charge on any atom is 0.338 e. The number of hydrogen-bond donors (Lipinski definition) is 1. The number of carbonyl (C=O) groups is 2. The number of nitro benzene ring substituents is 1. The van der Waals surface area contributed by atoms with E-state index in [1.54, 1.807) is 0 Å². The Hall–Kier alpha value is -2.44. The van der Waals surface area contributed by atoms with Crippen molar-refractivity contribution in [2.75, 3.05) is 0 Å². The van der Waals surface area contributed by atoms with Crippen LogP contribution in [0.5, 0.6) is 0 Å². The number of amides is 1. The van der Waals surface area contributed by atoms with Crippen molar-refractivity contribution in [2.24, 2.45) is 11.7 Å². The number of non-ortho nitro benzene ring substituents is 1. The fourth-order valence-electron chi connectivity index (χ4n) is 2.24. The van der Waals surface area contributed by atoms with Crippen LogP contribution in [0.15, 0.2) is 24.3 Å². The number of esters is 1. The molecule has 1 aliphatic carbocycles. The molecule has 0 saturated heterocycles. The first kappa shape index (κ1) is 14.0. The monoisotopic (exact) mass is 278 g/mol. The van der Waals surface area contributed by atoms with Crippen LogP contribution in [0.25, 0.3) is 0 Å². The topological polar surface area (TPSA) is 113 Å². The number of primary amides is 1. The number of carbonyl (C=O) groups excluding carboxylic acids is 2. The molecule has 2 N–H and O–H groups in total. The van der Waals surface area contributed by atoms with Crippen LogP contribution in [0.2, 0.25) is 0 Å². The number of ether oxygens (including phenoxy) is 1. The maximum absolute atomic E-state index is 11.9. The molecular weight excluding hydrogens is 264 g/mol. The molecule has 0 spiro atoms. The SMILES string of the molecule is NC(=O)C1CCC(OC(=O)c2ccc([N+](=O)[O-])cc2)C1. The average Bonchev–Trinajstić information content (AvgIpc) is 2.87. The summed E-state index contributed by atoms with van der Waals surface area (Å²) in [4.78, 5) is 32.8. The van der Waals surface area contributed by atoms with Crippen LogP contribution in [0.4, 0.5) is 5.69 Å². The van der Waals surface area contributed by atoms with Gasteiger partial charge in [0.2, 0.25) is 5.91 Å². The number of nitrogens with two attached hydrogens (primary N) is 1. The second kappa shape index (κ2) is 5.68. The summed E-state index contributed by atoms with van der Waals surface area (Å²) in [6.45, 7) is 0. The van der Waals surface area contributed by atoms with Crippen LogP contribution in [0.1, 0.15) is 29.6 Å². The largest absolute Gasteiger partial charge is 0.459 e. The summed E-state index contributed by atoms with van der Waals surface area (Å²) >= 11 is 0. The molecule has 2 atom stereocenters. The third kappa shape index (κ3) is 3.11. The zero-order valence-electron chi connectivity index (χ0n) is 10.7. The van der Waals surface area contributed by atoms with E-state index < -0.39 is 10.9 Å². The second-order valence-electron chi connectivity index (χ2n) is 4.74. The first-order chi connectivity index (χ1) is 9.47. The molecule has 1 aromatic rings. The summed E-state index contributed by atoms with van der Waals surface area (Å²) < 4.78 is 5.26. The lowest BCUT2D eigenvalue weighted by Gasteiger charge is -2.11. The molecule has 1 amide bonds. The van der Waals surface area contributed by atoms with Crippen LogP contribution in [-0.4, -0.2) is 22.9 Å². The summed E-state index contributed by atoms with van der Waals surface area (Å²) in [7, 11) is 0. The molecular formula is C13H14N2O5. The summed E-state index contributed by atoms with van der Waals surface area (Å²) in [5.41, 5.74) is 5.37. The zero-order valence-corrected chi connectivity index (χ0v) is 10.7. The Balaban J connectivity index is 1.95. The Morgan fingerprint density at radius 3 is 2.40 bits per heavy atom. The molecule has 0 radical (unpaired) electrons. The van der Waals surface area contributed by atoms with Crippen LogP contribution < -0.4 is 5.73 Å². The van der Waals surface area contributed by atoms with Crippen molar-refractivity contribution >= 4 is 17.6 Å². The Labute approximate surface area is 114 Å². The van der Waals surface area contributed by atoms with Gasteiger partial charge in [-0.1, -0.05) is 0 Å². The normalized spacial score (nSPS) is 21.4. The number of nitrogens with zero attached hydrogens (tertiary/aromatic N) is 1. The van der Waals surface area contributed by atoms with Gasteiger partial charge in [-0.15, -0.1) is 0 Å². The number of hydrogen-bond acceptors (Lipinski definition) is 5. The Morgan fingerprint density at radius 2 is 1.90 bits per heavy atom. The van der Waals surface area contributed by atoms with Crippen molar-refractivity contribution < 1.29 is 19.2 Å². The molecule has 0 aromatic heterocycles. The van der Waals surface area contributed by atoms with Crippen molar-refractivity contribution in [3.8, 4) is 0 Å². The molecule has 0 aliphatic heterocycles. The van der Waals surface area contributed by atoms with E-state index in [2.05, 4.69) is 0 Å². The standard InChI is InChI=1S/C13H14N2O5/c14-12(16)9-3-6-11(7-9)20-13(17)8-1-4-10(5-2-8)15(18)19/h1-2,4-5,9,11H,3,6-7H2,(H2,14,16). The van der Waals surface area contributed by atoms with Gasteiger partial charge >= 0.3 is 5.97 Å². The number of rotatable bonds is 4. The van der Waals surface area contributed by atoms with Gasteiger partial charge in [0.25, 0.3) is 5.69 Å². The van der Waals surface area contributed by atoms with Gasteiger partial charge in [-0.2, -0.15) is 0 Å². The van der Waals surface area contributed by atoms with Gasteiger partial charge in [0.1, 0.15) is 6.10 Å². The van der Waals surface area contributed by atoms with Crippen molar-refractivity contribution in [1.29, 1.82) is 0 Å². The molecule has 2 unspecified atom stereocenters.